The zero-order chi connectivity index (χ0) is 11.5. The number of nitrogens with zero attached hydrogens (tertiary/aromatic N) is 2. The van der Waals surface area contributed by atoms with Gasteiger partial charge in [-0.3, -0.25) is 0 Å². The van der Waals surface area contributed by atoms with Crippen molar-refractivity contribution < 1.29 is 9.53 Å². The normalized spacial score (nSPS) is 17.3. The lowest BCUT2D eigenvalue weighted by atomic mass is 10.0. The Kier molecular flexibility index (Phi) is 3.35. The Morgan fingerprint density at radius 2 is 2.13 bits per heavy atom. The van der Waals surface area contributed by atoms with E-state index in [4.69, 9.17) is 10.00 Å². The fourth-order valence-corrected chi connectivity index (χ4v) is 1.29. The predicted molar refractivity (Wildman–Crippen MR) is 56.1 cm³/mol. The van der Waals surface area contributed by atoms with Crippen molar-refractivity contribution in [3.8, 4) is 6.07 Å². The molecule has 1 aliphatic heterocycles. The van der Waals surface area contributed by atoms with E-state index in [1.54, 1.807) is 4.90 Å². The second kappa shape index (κ2) is 4.35. The molecule has 0 saturated carbocycles. The Balaban J connectivity index is 2.30. The van der Waals surface area contributed by atoms with Crippen molar-refractivity contribution in [2.24, 2.45) is 5.92 Å². The van der Waals surface area contributed by atoms with Crippen molar-refractivity contribution in [3.05, 3.63) is 12.2 Å². The third kappa shape index (κ3) is 3.62. The Labute approximate surface area is 90.1 Å². The molecule has 0 N–H and O–H groups in total. The summed E-state index contributed by atoms with van der Waals surface area (Å²) in [6.45, 7) is 6.83. The van der Waals surface area contributed by atoms with Crippen molar-refractivity contribution >= 4 is 6.09 Å². The Bertz CT molecular complexity index is 304. The standard InChI is InChI=1S/C11H16N2O2/c1-11(2,3)15-10(14)13-7-9(8-13)5-4-6-12/h4-5,9H,7-8H2,1-3H3/b5-4+. The fraction of sp³-hybridized carbons (Fsp3) is 0.636. The first-order valence-corrected chi connectivity index (χ1v) is 4.96. The number of allylic oxidation sites excluding steroid dienone is 1. The molecule has 0 unspecified atom stereocenters. The van der Waals surface area contributed by atoms with E-state index >= 15 is 0 Å². The van der Waals surface area contributed by atoms with E-state index in [1.165, 1.54) is 6.08 Å². The number of hydrogen-bond donors (Lipinski definition) is 0. The summed E-state index contributed by atoms with van der Waals surface area (Å²) in [5, 5.41) is 8.32. The molecule has 1 fully saturated rings. The van der Waals surface area contributed by atoms with Gasteiger partial charge in [0.1, 0.15) is 5.60 Å². The Hall–Kier alpha value is -1.50. The van der Waals surface area contributed by atoms with E-state index in [-0.39, 0.29) is 6.09 Å². The quantitative estimate of drug-likeness (QED) is 0.619. The molecule has 0 aliphatic carbocycles. The van der Waals surface area contributed by atoms with Crippen LogP contribution in [0.25, 0.3) is 0 Å². The first-order valence-electron chi connectivity index (χ1n) is 4.96. The van der Waals surface area contributed by atoms with Gasteiger partial charge in [-0.15, -0.1) is 0 Å². The molecule has 15 heavy (non-hydrogen) atoms. The highest BCUT2D eigenvalue weighted by molar-refractivity contribution is 5.69. The lowest BCUT2D eigenvalue weighted by molar-refractivity contribution is 0.00493. The first-order chi connectivity index (χ1) is 6.92. The van der Waals surface area contributed by atoms with Crippen molar-refractivity contribution in [1.82, 2.24) is 4.90 Å². The second-order valence-electron chi connectivity index (χ2n) is 4.63. The van der Waals surface area contributed by atoms with Crippen LogP contribution in [-0.4, -0.2) is 29.7 Å². The number of hydrogen-bond acceptors (Lipinski definition) is 3. The van der Waals surface area contributed by atoms with Crippen LogP contribution in [0.3, 0.4) is 0 Å². The lowest BCUT2D eigenvalue weighted by Gasteiger charge is -2.38. The molecule has 0 radical (unpaired) electrons. The molecule has 1 saturated heterocycles. The molecule has 0 aromatic heterocycles. The SMILES string of the molecule is CC(C)(C)OC(=O)N1CC(/C=C/C#N)C1. The van der Waals surface area contributed by atoms with Crippen molar-refractivity contribution in [2.45, 2.75) is 26.4 Å². The van der Waals surface area contributed by atoms with E-state index < -0.39 is 5.60 Å². The monoisotopic (exact) mass is 208 g/mol. The van der Waals surface area contributed by atoms with Crippen LogP contribution in [0.15, 0.2) is 12.2 Å². The van der Waals surface area contributed by atoms with Crippen LogP contribution in [0.5, 0.6) is 0 Å². The number of rotatable bonds is 1. The van der Waals surface area contributed by atoms with Crippen molar-refractivity contribution in [3.63, 3.8) is 0 Å². The highest BCUT2D eigenvalue weighted by Gasteiger charge is 2.31. The molecule has 0 aromatic carbocycles. The predicted octanol–water partition coefficient (Wildman–Crippen LogP) is 1.93. The molecule has 82 valence electrons. The molecular formula is C11H16N2O2. The summed E-state index contributed by atoms with van der Waals surface area (Å²) in [6.07, 6.45) is 3.00. The maximum Gasteiger partial charge on any atom is 0.410 e. The van der Waals surface area contributed by atoms with E-state index in [0.717, 1.165) is 0 Å². The van der Waals surface area contributed by atoms with Gasteiger partial charge in [0.15, 0.2) is 0 Å². The van der Waals surface area contributed by atoms with Gasteiger partial charge in [0.05, 0.1) is 6.07 Å². The molecule has 4 nitrogen and oxygen atoms in total. The van der Waals surface area contributed by atoms with E-state index in [1.807, 2.05) is 32.9 Å². The molecule has 1 aliphatic rings. The maximum absolute atomic E-state index is 11.5. The molecular weight excluding hydrogens is 192 g/mol. The van der Waals surface area contributed by atoms with Crippen molar-refractivity contribution in [1.29, 1.82) is 5.26 Å². The minimum atomic E-state index is -0.440. The number of carbonyl (C=O) groups is 1. The summed E-state index contributed by atoms with van der Waals surface area (Å²) >= 11 is 0. The van der Waals surface area contributed by atoms with Gasteiger partial charge >= 0.3 is 6.09 Å². The maximum atomic E-state index is 11.5. The van der Waals surface area contributed by atoms with E-state index in [9.17, 15) is 4.79 Å². The van der Waals surface area contributed by atoms with E-state index in [0.29, 0.717) is 19.0 Å². The van der Waals surface area contributed by atoms with Gasteiger partial charge in [-0.1, -0.05) is 6.08 Å². The van der Waals surface area contributed by atoms with Crippen LogP contribution in [0, 0.1) is 17.2 Å². The number of amides is 1. The zero-order valence-electron chi connectivity index (χ0n) is 9.36. The Morgan fingerprint density at radius 1 is 1.53 bits per heavy atom. The number of carbonyl (C=O) groups excluding carboxylic acids is 1. The summed E-state index contributed by atoms with van der Waals surface area (Å²) < 4.78 is 5.19. The molecule has 1 rings (SSSR count). The summed E-state index contributed by atoms with van der Waals surface area (Å²) in [6, 6.07) is 1.93. The topological polar surface area (TPSA) is 53.3 Å². The van der Waals surface area contributed by atoms with Gasteiger partial charge in [0.25, 0.3) is 0 Å². The highest BCUT2D eigenvalue weighted by atomic mass is 16.6. The summed E-state index contributed by atoms with van der Waals surface area (Å²) in [4.78, 5) is 13.1. The molecule has 0 bridgehead atoms. The molecule has 1 heterocycles. The largest absolute Gasteiger partial charge is 0.444 e. The first kappa shape index (κ1) is 11.6. The molecule has 1 amide bonds. The lowest BCUT2D eigenvalue weighted by Crippen LogP contribution is -2.50. The van der Waals surface area contributed by atoms with Gasteiger partial charge in [0.2, 0.25) is 0 Å². The Morgan fingerprint density at radius 3 is 2.60 bits per heavy atom. The van der Waals surface area contributed by atoms with Gasteiger partial charge in [-0.2, -0.15) is 5.26 Å². The minimum Gasteiger partial charge on any atom is -0.444 e. The second-order valence-corrected chi connectivity index (χ2v) is 4.63. The third-order valence-electron chi connectivity index (χ3n) is 2.00. The average Bonchev–Trinajstić information content (AvgIpc) is 1.98. The van der Waals surface area contributed by atoms with Gasteiger partial charge < -0.3 is 9.64 Å². The highest BCUT2D eigenvalue weighted by Crippen LogP contribution is 2.20. The third-order valence-corrected chi connectivity index (χ3v) is 2.00. The zero-order valence-corrected chi connectivity index (χ0v) is 9.36. The average molecular weight is 208 g/mol. The van der Waals surface area contributed by atoms with Crippen LogP contribution in [0.1, 0.15) is 20.8 Å². The van der Waals surface area contributed by atoms with Crippen LogP contribution in [0.4, 0.5) is 4.79 Å². The van der Waals surface area contributed by atoms with Gasteiger partial charge in [-0.25, -0.2) is 4.79 Å². The molecule has 0 atom stereocenters. The minimum absolute atomic E-state index is 0.274. The molecule has 0 spiro atoms. The van der Waals surface area contributed by atoms with Crippen molar-refractivity contribution in [2.75, 3.05) is 13.1 Å². The summed E-state index contributed by atoms with van der Waals surface area (Å²) in [7, 11) is 0. The van der Waals surface area contributed by atoms with Gasteiger partial charge in [-0.05, 0) is 20.8 Å². The summed E-state index contributed by atoms with van der Waals surface area (Å²) in [5.74, 6) is 0.303. The fourth-order valence-electron chi connectivity index (χ4n) is 1.29. The van der Waals surface area contributed by atoms with Crippen LogP contribution in [-0.2, 0) is 4.74 Å². The van der Waals surface area contributed by atoms with Crippen LogP contribution >= 0.6 is 0 Å². The smallest absolute Gasteiger partial charge is 0.410 e. The molecule has 4 heteroatoms. The molecule has 0 aromatic rings. The van der Waals surface area contributed by atoms with Crippen LogP contribution in [0.2, 0.25) is 0 Å². The number of likely N-dealkylation sites (tertiary alicyclic amines) is 1. The van der Waals surface area contributed by atoms with E-state index in [2.05, 4.69) is 0 Å². The van der Waals surface area contributed by atoms with Gasteiger partial charge in [0, 0.05) is 25.1 Å². The number of nitriles is 1. The summed E-state index contributed by atoms with van der Waals surface area (Å²) in [5.41, 5.74) is -0.440. The van der Waals surface area contributed by atoms with Crippen LogP contribution < -0.4 is 0 Å². The number of ether oxygens (including phenoxy) is 1.